The highest BCUT2D eigenvalue weighted by molar-refractivity contribution is 6.30. The van der Waals surface area contributed by atoms with Gasteiger partial charge in [0, 0.05) is 17.0 Å². The van der Waals surface area contributed by atoms with Crippen molar-refractivity contribution < 1.29 is 14.3 Å². The van der Waals surface area contributed by atoms with E-state index in [0.29, 0.717) is 36.0 Å². The van der Waals surface area contributed by atoms with E-state index in [9.17, 15) is 4.79 Å². The van der Waals surface area contributed by atoms with Crippen LogP contribution in [-0.2, 0) is 0 Å². The Balaban J connectivity index is 1.84. The highest BCUT2D eigenvalue weighted by Gasteiger charge is 2.04. The molecule has 0 saturated heterocycles. The molecule has 2 rings (SSSR count). The fraction of sp³-hybridized carbons (Fsp3) is 0.263. The van der Waals surface area contributed by atoms with E-state index in [4.69, 9.17) is 26.8 Å². The van der Waals surface area contributed by atoms with E-state index in [1.165, 1.54) is 17.3 Å². The van der Waals surface area contributed by atoms with E-state index in [1.54, 1.807) is 18.2 Å². The molecule has 0 radical (unpaired) electrons. The molecule has 26 heavy (non-hydrogen) atoms. The Kier molecular flexibility index (Phi) is 7.29. The molecule has 0 fully saturated rings. The molecule has 0 bridgehead atoms. The van der Waals surface area contributed by atoms with Crippen molar-refractivity contribution in [3.05, 3.63) is 58.1 Å². The summed E-state index contributed by atoms with van der Waals surface area (Å²) in [6, 6.07) is 10.4. The van der Waals surface area contributed by atoms with Crippen LogP contribution in [0, 0.1) is 13.8 Å². The first-order chi connectivity index (χ1) is 12.5. The number of nitrogens with zero attached hydrogens (tertiary/aromatic N) is 1. The Bertz CT molecular complexity index is 794. The van der Waals surface area contributed by atoms with Crippen LogP contribution in [0.2, 0.25) is 5.02 Å². The Morgan fingerprint density at radius 1 is 1.15 bits per heavy atom. The Morgan fingerprint density at radius 3 is 2.65 bits per heavy atom. The second-order valence-corrected chi connectivity index (χ2v) is 6.15. The molecule has 2 amide bonds. The summed E-state index contributed by atoms with van der Waals surface area (Å²) >= 11 is 5.98. The highest BCUT2D eigenvalue weighted by atomic mass is 35.5. The van der Waals surface area contributed by atoms with Crippen LogP contribution >= 0.6 is 11.6 Å². The van der Waals surface area contributed by atoms with E-state index in [0.717, 1.165) is 5.75 Å². The van der Waals surface area contributed by atoms with Gasteiger partial charge in [-0.05, 0) is 55.3 Å². The SMILES string of the molecule is Cc1ccc(OCCCOc2ccc(Cl)cc2/C=N\NC(N)=O)cc1C. The van der Waals surface area contributed by atoms with Crippen molar-refractivity contribution >= 4 is 23.8 Å². The van der Waals surface area contributed by atoms with Gasteiger partial charge in [-0.2, -0.15) is 5.10 Å². The summed E-state index contributed by atoms with van der Waals surface area (Å²) in [7, 11) is 0. The molecule has 138 valence electrons. The summed E-state index contributed by atoms with van der Waals surface area (Å²) in [6.07, 6.45) is 2.14. The molecule has 3 N–H and O–H groups in total. The quantitative estimate of drug-likeness (QED) is 0.418. The molecule has 2 aromatic rings. The third kappa shape index (κ3) is 6.29. The molecule has 0 saturated carbocycles. The first-order valence-electron chi connectivity index (χ1n) is 8.16. The zero-order valence-corrected chi connectivity index (χ0v) is 15.5. The van der Waals surface area contributed by atoms with Crippen LogP contribution in [0.4, 0.5) is 4.79 Å². The molecule has 0 unspecified atom stereocenters. The molecule has 0 aliphatic rings. The number of urea groups is 1. The molecule has 0 atom stereocenters. The maximum Gasteiger partial charge on any atom is 0.332 e. The minimum Gasteiger partial charge on any atom is -0.493 e. The second kappa shape index (κ2) is 9.68. The number of nitrogens with one attached hydrogen (secondary N) is 1. The van der Waals surface area contributed by atoms with Gasteiger partial charge < -0.3 is 15.2 Å². The first kappa shape index (κ1) is 19.6. The summed E-state index contributed by atoms with van der Waals surface area (Å²) in [4.78, 5) is 10.7. The fourth-order valence-electron chi connectivity index (χ4n) is 2.15. The van der Waals surface area contributed by atoms with Crippen LogP contribution in [-0.4, -0.2) is 25.5 Å². The van der Waals surface area contributed by atoms with Gasteiger partial charge >= 0.3 is 6.03 Å². The van der Waals surface area contributed by atoms with Gasteiger partial charge in [0.15, 0.2) is 0 Å². The summed E-state index contributed by atoms with van der Waals surface area (Å²) < 4.78 is 11.5. The van der Waals surface area contributed by atoms with Crippen LogP contribution in [0.15, 0.2) is 41.5 Å². The largest absolute Gasteiger partial charge is 0.493 e. The van der Waals surface area contributed by atoms with Crippen molar-refractivity contribution in [1.29, 1.82) is 0 Å². The molecule has 0 heterocycles. The maximum absolute atomic E-state index is 10.7. The van der Waals surface area contributed by atoms with Crippen LogP contribution in [0.5, 0.6) is 11.5 Å². The van der Waals surface area contributed by atoms with Gasteiger partial charge in [-0.3, -0.25) is 0 Å². The average Bonchev–Trinajstić information content (AvgIpc) is 2.59. The lowest BCUT2D eigenvalue weighted by molar-refractivity contribution is 0.247. The number of hydrogen-bond acceptors (Lipinski definition) is 4. The van der Waals surface area contributed by atoms with Crippen LogP contribution < -0.4 is 20.6 Å². The van der Waals surface area contributed by atoms with Crippen molar-refractivity contribution in [2.75, 3.05) is 13.2 Å². The normalized spacial score (nSPS) is 10.7. The Labute approximate surface area is 157 Å². The van der Waals surface area contributed by atoms with Gasteiger partial charge in [-0.25, -0.2) is 10.2 Å². The Hall–Kier alpha value is -2.73. The number of hydrazone groups is 1. The molecule has 0 aliphatic heterocycles. The fourth-order valence-corrected chi connectivity index (χ4v) is 2.33. The summed E-state index contributed by atoms with van der Waals surface area (Å²) in [6.45, 7) is 5.14. The summed E-state index contributed by atoms with van der Waals surface area (Å²) in [5.41, 5.74) is 10.2. The number of amides is 2. The van der Waals surface area contributed by atoms with Gasteiger partial charge in [-0.1, -0.05) is 17.7 Å². The standard InChI is InChI=1S/C19H22ClN3O3/c1-13-4-6-17(10-14(13)2)25-8-3-9-26-18-7-5-16(20)11-15(18)12-22-23-19(21)24/h4-7,10-12H,3,8-9H2,1-2H3,(H3,21,23,24)/b22-12-. The lowest BCUT2D eigenvalue weighted by Gasteiger charge is -2.11. The van der Waals surface area contributed by atoms with Crippen molar-refractivity contribution in [1.82, 2.24) is 5.43 Å². The number of aryl methyl sites for hydroxylation is 2. The van der Waals surface area contributed by atoms with E-state index in [2.05, 4.69) is 24.4 Å². The lowest BCUT2D eigenvalue weighted by Crippen LogP contribution is -2.24. The van der Waals surface area contributed by atoms with Gasteiger partial charge in [0.2, 0.25) is 0 Å². The molecular formula is C19H22ClN3O3. The number of halogens is 1. The zero-order valence-electron chi connectivity index (χ0n) is 14.8. The highest BCUT2D eigenvalue weighted by Crippen LogP contribution is 2.22. The van der Waals surface area contributed by atoms with E-state index in [-0.39, 0.29) is 0 Å². The van der Waals surface area contributed by atoms with Gasteiger partial charge in [0.05, 0.1) is 19.4 Å². The number of benzene rings is 2. The lowest BCUT2D eigenvalue weighted by atomic mass is 10.1. The van der Waals surface area contributed by atoms with Crippen molar-refractivity contribution in [3.8, 4) is 11.5 Å². The number of carbonyl (C=O) groups excluding carboxylic acids is 1. The minimum atomic E-state index is -0.741. The number of carbonyl (C=O) groups is 1. The maximum atomic E-state index is 10.7. The monoisotopic (exact) mass is 375 g/mol. The molecule has 7 heteroatoms. The predicted molar refractivity (Wildman–Crippen MR) is 103 cm³/mol. The topological polar surface area (TPSA) is 85.9 Å². The van der Waals surface area contributed by atoms with Gasteiger partial charge in [0.1, 0.15) is 11.5 Å². The third-order valence-electron chi connectivity index (χ3n) is 3.64. The molecule has 6 nitrogen and oxygen atoms in total. The van der Waals surface area contributed by atoms with Crippen LogP contribution in [0.1, 0.15) is 23.1 Å². The van der Waals surface area contributed by atoms with Gasteiger partial charge in [-0.15, -0.1) is 0 Å². The van der Waals surface area contributed by atoms with Crippen molar-refractivity contribution in [2.24, 2.45) is 10.8 Å². The third-order valence-corrected chi connectivity index (χ3v) is 3.88. The molecule has 0 aliphatic carbocycles. The van der Waals surface area contributed by atoms with Crippen molar-refractivity contribution in [2.45, 2.75) is 20.3 Å². The average molecular weight is 376 g/mol. The minimum absolute atomic E-state index is 0.469. The molecule has 0 spiro atoms. The predicted octanol–water partition coefficient (Wildman–Crippen LogP) is 3.81. The zero-order chi connectivity index (χ0) is 18.9. The molecule has 0 aromatic heterocycles. The number of primary amides is 1. The van der Waals surface area contributed by atoms with E-state index < -0.39 is 6.03 Å². The van der Waals surface area contributed by atoms with Gasteiger partial charge in [0.25, 0.3) is 0 Å². The summed E-state index contributed by atoms with van der Waals surface area (Å²) in [5.74, 6) is 1.46. The molecular weight excluding hydrogens is 354 g/mol. The smallest absolute Gasteiger partial charge is 0.332 e. The Morgan fingerprint density at radius 2 is 1.92 bits per heavy atom. The number of nitrogens with two attached hydrogens (primary N) is 1. The van der Waals surface area contributed by atoms with E-state index >= 15 is 0 Å². The number of ether oxygens (including phenoxy) is 2. The number of rotatable bonds is 8. The summed E-state index contributed by atoms with van der Waals surface area (Å²) in [5, 5.41) is 4.27. The van der Waals surface area contributed by atoms with Crippen LogP contribution in [0.3, 0.4) is 0 Å². The van der Waals surface area contributed by atoms with Crippen molar-refractivity contribution in [3.63, 3.8) is 0 Å². The van der Waals surface area contributed by atoms with E-state index in [1.807, 2.05) is 18.2 Å². The first-order valence-corrected chi connectivity index (χ1v) is 8.54. The second-order valence-electron chi connectivity index (χ2n) is 5.71. The van der Waals surface area contributed by atoms with Crippen LogP contribution in [0.25, 0.3) is 0 Å². The molecule has 2 aromatic carbocycles. The number of hydrogen-bond donors (Lipinski definition) is 2.